The van der Waals surface area contributed by atoms with E-state index in [2.05, 4.69) is 62.9 Å². The van der Waals surface area contributed by atoms with Gasteiger partial charge in [0.25, 0.3) is 0 Å². The zero-order valence-corrected chi connectivity index (χ0v) is 21.7. The van der Waals surface area contributed by atoms with E-state index < -0.39 is 0 Å². The third-order valence-electron chi connectivity index (χ3n) is 6.15. The Hall–Kier alpha value is -1.99. The highest BCUT2D eigenvalue weighted by Gasteiger charge is 2.22. The summed E-state index contributed by atoms with van der Waals surface area (Å²) in [5, 5.41) is 0.811. The monoisotopic (exact) mass is 487 g/mol. The summed E-state index contributed by atoms with van der Waals surface area (Å²) in [4.78, 5) is 22.8. The second-order valence-corrected chi connectivity index (χ2v) is 9.86. The van der Waals surface area contributed by atoms with Crippen LogP contribution in [0.4, 0.5) is 5.13 Å². The van der Waals surface area contributed by atoms with Gasteiger partial charge in [0.05, 0.1) is 29.9 Å². The third-order valence-corrected chi connectivity index (χ3v) is 7.38. The zero-order valence-electron chi connectivity index (χ0n) is 20.0. The SMILES string of the molecule is Cc1ccc(C)c(CC(=O)N(CCCN2CCOCC2)c2nc3cc(C)cc(C)c3s2)c1.Cl. The number of ether oxygens (including phenoxy) is 1. The maximum atomic E-state index is 13.5. The van der Waals surface area contributed by atoms with Crippen LogP contribution in [0.3, 0.4) is 0 Å². The Labute approximate surface area is 207 Å². The van der Waals surface area contributed by atoms with Crippen molar-refractivity contribution >= 4 is 45.0 Å². The normalized spacial score (nSPS) is 14.3. The number of carbonyl (C=O) groups excluding carboxylic acids is 1. The minimum absolute atomic E-state index is 0. The predicted octanol–water partition coefficient (Wildman–Crippen LogP) is 5.25. The second-order valence-electron chi connectivity index (χ2n) is 8.89. The fourth-order valence-electron chi connectivity index (χ4n) is 4.33. The molecule has 0 aliphatic carbocycles. The summed E-state index contributed by atoms with van der Waals surface area (Å²) in [5.41, 5.74) is 6.85. The van der Waals surface area contributed by atoms with E-state index in [1.54, 1.807) is 11.3 Å². The van der Waals surface area contributed by atoms with Crippen molar-refractivity contribution in [3.05, 3.63) is 58.1 Å². The van der Waals surface area contributed by atoms with Crippen LogP contribution in [0.15, 0.2) is 30.3 Å². The molecule has 1 aliphatic heterocycles. The standard InChI is InChI=1S/C26H33N3O2S.ClH/c1-18-6-7-20(3)22(15-18)17-24(30)29(9-5-8-28-10-12-31-13-11-28)26-27-23-16-19(2)14-21(4)25(23)32-26;/h6-7,14-16H,5,8-13,17H2,1-4H3;1H. The maximum Gasteiger partial charge on any atom is 0.233 e. The van der Waals surface area contributed by atoms with Crippen molar-refractivity contribution in [3.8, 4) is 0 Å². The topological polar surface area (TPSA) is 45.7 Å². The van der Waals surface area contributed by atoms with Gasteiger partial charge in [-0.15, -0.1) is 12.4 Å². The molecular formula is C26H34ClN3O2S. The molecule has 33 heavy (non-hydrogen) atoms. The Morgan fingerprint density at radius 2 is 1.82 bits per heavy atom. The minimum atomic E-state index is 0. The highest BCUT2D eigenvalue weighted by molar-refractivity contribution is 7.22. The van der Waals surface area contributed by atoms with E-state index in [1.165, 1.54) is 21.4 Å². The van der Waals surface area contributed by atoms with E-state index in [9.17, 15) is 4.79 Å². The van der Waals surface area contributed by atoms with Crippen LogP contribution in [-0.2, 0) is 16.0 Å². The first-order valence-electron chi connectivity index (χ1n) is 11.4. The highest BCUT2D eigenvalue weighted by Crippen LogP contribution is 2.32. The van der Waals surface area contributed by atoms with Gasteiger partial charge in [-0.2, -0.15) is 0 Å². The van der Waals surface area contributed by atoms with Gasteiger partial charge >= 0.3 is 0 Å². The van der Waals surface area contributed by atoms with Gasteiger partial charge in [0, 0.05) is 26.2 Å². The number of nitrogens with zero attached hydrogens (tertiary/aromatic N) is 3. The summed E-state index contributed by atoms with van der Waals surface area (Å²) in [6, 6.07) is 10.6. The summed E-state index contributed by atoms with van der Waals surface area (Å²) in [7, 11) is 0. The Kier molecular flexibility index (Phi) is 8.88. The van der Waals surface area contributed by atoms with Gasteiger partial charge in [-0.25, -0.2) is 4.98 Å². The van der Waals surface area contributed by atoms with Crippen molar-refractivity contribution in [1.29, 1.82) is 0 Å². The average molecular weight is 488 g/mol. The number of amides is 1. The lowest BCUT2D eigenvalue weighted by Gasteiger charge is -2.27. The molecule has 2 aromatic carbocycles. The molecule has 4 rings (SSSR count). The van der Waals surface area contributed by atoms with Gasteiger partial charge in [-0.3, -0.25) is 14.6 Å². The van der Waals surface area contributed by atoms with Crippen molar-refractivity contribution in [3.63, 3.8) is 0 Å². The molecule has 0 unspecified atom stereocenters. The first-order valence-corrected chi connectivity index (χ1v) is 12.3. The van der Waals surface area contributed by atoms with Gasteiger partial charge in [-0.05, 0) is 62.4 Å². The van der Waals surface area contributed by atoms with Gasteiger partial charge in [-0.1, -0.05) is 41.2 Å². The fraction of sp³-hybridized carbons (Fsp3) is 0.462. The Morgan fingerprint density at radius 1 is 1.06 bits per heavy atom. The number of anilines is 1. The number of aromatic nitrogens is 1. The Bertz CT molecular complexity index is 1110. The molecule has 1 saturated heterocycles. The highest BCUT2D eigenvalue weighted by atomic mass is 35.5. The minimum Gasteiger partial charge on any atom is -0.379 e. The molecule has 0 bridgehead atoms. The molecule has 0 atom stereocenters. The van der Waals surface area contributed by atoms with Crippen LogP contribution in [0, 0.1) is 27.7 Å². The first kappa shape index (κ1) is 25.6. The number of aryl methyl sites for hydroxylation is 4. The number of morpholine rings is 1. The summed E-state index contributed by atoms with van der Waals surface area (Å²) in [6.07, 6.45) is 1.32. The van der Waals surface area contributed by atoms with E-state index >= 15 is 0 Å². The van der Waals surface area contributed by atoms with Crippen LogP contribution in [0.1, 0.15) is 34.2 Å². The second kappa shape index (κ2) is 11.4. The van der Waals surface area contributed by atoms with E-state index in [0.29, 0.717) is 13.0 Å². The first-order chi connectivity index (χ1) is 15.4. The molecule has 0 radical (unpaired) electrons. The summed E-state index contributed by atoms with van der Waals surface area (Å²) in [5.74, 6) is 0.120. The van der Waals surface area contributed by atoms with E-state index in [-0.39, 0.29) is 18.3 Å². The molecule has 1 aliphatic rings. The Balaban J connectivity index is 0.00000306. The van der Waals surface area contributed by atoms with Crippen LogP contribution < -0.4 is 4.90 Å². The quantitative estimate of drug-likeness (QED) is 0.456. The predicted molar refractivity (Wildman–Crippen MR) is 140 cm³/mol. The molecule has 7 heteroatoms. The van der Waals surface area contributed by atoms with E-state index in [1.807, 2.05) is 4.90 Å². The largest absolute Gasteiger partial charge is 0.379 e. The molecule has 0 saturated carbocycles. The van der Waals surface area contributed by atoms with Crippen LogP contribution in [-0.4, -0.2) is 55.2 Å². The molecule has 3 aromatic rings. The van der Waals surface area contributed by atoms with Crippen molar-refractivity contribution in [1.82, 2.24) is 9.88 Å². The number of halogens is 1. The van der Waals surface area contributed by atoms with Gasteiger partial charge in [0.2, 0.25) is 5.91 Å². The van der Waals surface area contributed by atoms with Gasteiger partial charge < -0.3 is 4.74 Å². The van der Waals surface area contributed by atoms with Crippen LogP contribution in [0.5, 0.6) is 0 Å². The van der Waals surface area contributed by atoms with Crippen molar-refractivity contribution in [2.45, 2.75) is 40.5 Å². The summed E-state index contributed by atoms with van der Waals surface area (Å²) < 4.78 is 6.63. The van der Waals surface area contributed by atoms with Crippen LogP contribution in [0.2, 0.25) is 0 Å². The zero-order chi connectivity index (χ0) is 22.7. The van der Waals surface area contributed by atoms with Crippen molar-refractivity contribution < 1.29 is 9.53 Å². The molecule has 1 fully saturated rings. The molecule has 0 spiro atoms. The van der Waals surface area contributed by atoms with Crippen LogP contribution >= 0.6 is 23.7 Å². The fourth-order valence-corrected chi connectivity index (χ4v) is 5.39. The molecule has 1 amide bonds. The number of thiazole rings is 1. The number of benzene rings is 2. The number of hydrogen-bond donors (Lipinski definition) is 0. The number of fused-ring (bicyclic) bond motifs is 1. The average Bonchev–Trinajstić information content (AvgIpc) is 3.18. The molecule has 178 valence electrons. The number of rotatable bonds is 7. The Morgan fingerprint density at radius 3 is 2.58 bits per heavy atom. The van der Waals surface area contributed by atoms with E-state index in [0.717, 1.165) is 61.0 Å². The molecule has 5 nitrogen and oxygen atoms in total. The molecule has 0 N–H and O–H groups in total. The number of carbonyl (C=O) groups is 1. The smallest absolute Gasteiger partial charge is 0.233 e. The lowest BCUT2D eigenvalue weighted by molar-refractivity contribution is -0.118. The van der Waals surface area contributed by atoms with Gasteiger partial charge in [0.15, 0.2) is 5.13 Å². The van der Waals surface area contributed by atoms with Gasteiger partial charge in [0.1, 0.15) is 0 Å². The molecule has 1 aromatic heterocycles. The lowest BCUT2D eigenvalue weighted by atomic mass is 10.0. The maximum absolute atomic E-state index is 13.5. The lowest BCUT2D eigenvalue weighted by Crippen LogP contribution is -2.39. The molecular weight excluding hydrogens is 454 g/mol. The summed E-state index contributed by atoms with van der Waals surface area (Å²) in [6.45, 7) is 13.6. The van der Waals surface area contributed by atoms with E-state index in [4.69, 9.17) is 9.72 Å². The van der Waals surface area contributed by atoms with Crippen molar-refractivity contribution in [2.24, 2.45) is 0 Å². The van der Waals surface area contributed by atoms with Crippen molar-refractivity contribution in [2.75, 3.05) is 44.3 Å². The molecule has 2 heterocycles. The summed E-state index contributed by atoms with van der Waals surface area (Å²) >= 11 is 1.63. The number of hydrogen-bond acceptors (Lipinski definition) is 5. The van der Waals surface area contributed by atoms with Crippen LogP contribution in [0.25, 0.3) is 10.2 Å². The third kappa shape index (κ3) is 6.33.